The van der Waals surface area contributed by atoms with Crippen molar-refractivity contribution in [3.8, 4) is 0 Å². The summed E-state index contributed by atoms with van der Waals surface area (Å²) in [5.74, 6) is 0.00678. The topological polar surface area (TPSA) is 41.1 Å². The van der Waals surface area contributed by atoms with E-state index in [1.54, 1.807) is 0 Å². The van der Waals surface area contributed by atoms with Gasteiger partial charge in [0.15, 0.2) is 0 Å². The van der Waals surface area contributed by atoms with E-state index in [1.165, 1.54) is 5.56 Å². The van der Waals surface area contributed by atoms with Crippen LogP contribution in [0.15, 0.2) is 40.9 Å². The lowest BCUT2D eigenvalue weighted by Crippen LogP contribution is -2.32. The molecular weight excluding hydrogens is 328 g/mol. The molecule has 1 amide bonds. The van der Waals surface area contributed by atoms with Crippen molar-refractivity contribution < 1.29 is 4.79 Å². The molecule has 0 saturated heterocycles. The van der Waals surface area contributed by atoms with Crippen LogP contribution in [-0.4, -0.2) is 11.9 Å². The first-order valence-corrected chi connectivity index (χ1v) is 7.76. The minimum atomic E-state index is -0.202. The molecule has 2 aromatic carbocycles. The van der Waals surface area contributed by atoms with Crippen molar-refractivity contribution in [3.63, 3.8) is 0 Å². The Kier molecular flexibility index (Phi) is 3.72. The summed E-state index contributed by atoms with van der Waals surface area (Å²) in [5, 5.41) is 6.28. The number of halogens is 1. The van der Waals surface area contributed by atoms with Gasteiger partial charge in [-0.15, -0.1) is 0 Å². The van der Waals surface area contributed by atoms with Crippen molar-refractivity contribution in [2.75, 3.05) is 10.6 Å². The van der Waals surface area contributed by atoms with Crippen LogP contribution in [0.5, 0.6) is 0 Å². The van der Waals surface area contributed by atoms with Crippen LogP contribution in [-0.2, 0) is 11.2 Å². The first-order valence-electron chi connectivity index (χ1n) is 6.96. The zero-order valence-corrected chi connectivity index (χ0v) is 13.6. The molecule has 2 N–H and O–H groups in total. The van der Waals surface area contributed by atoms with Gasteiger partial charge in [-0.05, 0) is 48.7 Å². The van der Waals surface area contributed by atoms with Crippen LogP contribution < -0.4 is 10.6 Å². The van der Waals surface area contributed by atoms with Gasteiger partial charge in [-0.25, -0.2) is 0 Å². The number of para-hydroxylation sites is 1. The number of nitrogens with one attached hydrogen (secondary N) is 2. The quantitative estimate of drug-likeness (QED) is 0.863. The van der Waals surface area contributed by atoms with Crippen LogP contribution in [0.25, 0.3) is 0 Å². The molecular formula is C17H17BrN2O. The van der Waals surface area contributed by atoms with Gasteiger partial charge in [0.1, 0.15) is 6.04 Å². The molecule has 0 fully saturated rings. The van der Waals surface area contributed by atoms with Crippen LogP contribution in [0.2, 0.25) is 0 Å². The Hall–Kier alpha value is -1.81. The van der Waals surface area contributed by atoms with Crippen molar-refractivity contribution in [1.29, 1.82) is 0 Å². The molecule has 3 rings (SSSR count). The van der Waals surface area contributed by atoms with Gasteiger partial charge in [-0.1, -0.05) is 34.1 Å². The van der Waals surface area contributed by atoms with Gasteiger partial charge in [0.2, 0.25) is 5.91 Å². The summed E-state index contributed by atoms with van der Waals surface area (Å²) in [6.07, 6.45) is 0.733. The Morgan fingerprint density at radius 1 is 1.24 bits per heavy atom. The fraction of sp³-hybridized carbons (Fsp3) is 0.235. The largest absolute Gasteiger partial charge is 0.373 e. The molecule has 108 valence electrons. The summed E-state index contributed by atoms with van der Waals surface area (Å²) in [4.78, 5) is 12.4. The van der Waals surface area contributed by atoms with Gasteiger partial charge in [-0.2, -0.15) is 0 Å². The third-order valence-electron chi connectivity index (χ3n) is 3.79. The van der Waals surface area contributed by atoms with Crippen molar-refractivity contribution in [3.05, 3.63) is 57.6 Å². The summed E-state index contributed by atoms with van der Waals surface area (Å²) in [7, 11) is 0. The Morgan fingerprint density at radius 3 is 2.57 bits per heavy atom. The molecule has 21 heavy (non-hydrogen) atoms. The molecule has 4 heteroatoms. The third kappa shape index (κ3) is 2.81. The molecule has 1 unspecified atom stereocenters. The first kappa shape index (κ1) is 14.1. The second kappa shape index (κ2) is 5.53. The van der Waals surface area contributed by atoms with E-state index in [0.717, 1.165) is 33.4 Å². The monoisotopic (exact) mass is 344 g/mol. The molecule has 2 aromatic rings. The standard InChI is InChI=1S/C17H17BrN2O/c1-10-7-13(8-11(2)16(10)18)19-17(21)15-9-12-5-3-4-6-14(12)20-15/h3-8,15,20H,9H2,1-2H3,(H,19,21). The third-order valence-corrected chi connectivity index (χ3v) is 5.04. The number of fused-ring (bicyclic) bond motifs is 1. The summed E-state index contributed by atoms with van der Waals surface area (Å²) < 4.78 is 1.09. The van der Waals surface area contributed by atoms with Gasteiger partial charge in [0.05, 0.1) is 0 Å². The SMILES string of the molecule is Cc1cc(NC(=O)C2Cc3ccccc3N2)cc(C)c1Br. The number of hydrogen-bond donors (Lipinski definition) is 2. The van der Waals surface area contributed by atoms with E-state index in [2.05, 4.69) is 32.6 Å². The van der Waals surface area contributed by atoms with Crippen LogP contribution in [0.3, 0.4) is 0 Å². The first-order chi connectivity index (χ1) is 10.0. The highest BCUT2D eigenvalue weighted by Crippen LogP contribution is 2.27. The minimum absolute atomic E-state index is 0.00678. The van der Waals surface area contributed by atoms with Crippen molar-refractivity contribution in [2.24, 2.45) is 0 Å². The number of amides is 1. The van der Waals surface area contributed by atoms with E-state index in [0.29, 0.717) is 0 Å². The predicted molar refractivity (Wildman–Crippen MR) is 89.8 cm³/mol. The van der Waals surface area contributed by atoms with Crippen LogP contribution >= 0.6 is 15.9 Å². The smallest absolute Gasteiger partial charge is 0.247 e. The van der Waals surface area contributed by atoms with Crippen LogP contribution in [0, 0.1) is 13.8 Å². The highest BCUT2D eigenvalue weighted by molar-refractivity contribution is 9.10. The van der Waals surface area contributed by atoms with Crippen molar-refractivity contribution in [1.82, 2.24) is 0 Å². The highest BCUT2D eigenvalue weighted by atomic mass is 79.9. The van der Waals surface area contributed by atoms with E-state index in [4.69, 9.17) is 0 Å². The average Bonchev–Trinajstić information content (AvgIpc) is 2.88. The molecule has 1 aliphatic rings. The molecule has 0 aliphatic carbocycles. The Labute approximate surface area is 132 Å². The second-order valence-corrected chi connectivity index (χ2v) is 6.26. The number of hydrogen-bond acceptors (Lipinski definition) is 2. The maximum Gasteiger partial charge on any atom is 0.247 e. The summed E-state index contributed by atoms with van der Waals surface area (Å²) in [6.45, 7) is 4.05. The summed E-state index contributed by atoms with van der Waals surface area (Å²) >= 11 is 3.54. The second-order valence-electron chi connectivity index (χ2n) is 5.47. The Balaban J connectivity index is 1.74. The van der Waals surface area contributed by atoms with E-state index in [9.17, 15) is 4.79 Å². The zero-order valence-electron chi connectivity index (χ0n) is 12.0. The Morgan fingerprint density at radius 2 is 1.90 bits per heavy atom. The minimum Gasteiger partial charge on any atom is -0.373 e. The number of aryl methyl sites for hydroxylation is 2. The van der Waals surface area contributed by atoms with Crippen LogP contribution in [0.1, 0.15) is 16.7 Å². The van der Waals surface area contributed by atoms with Gasteiger partial charge >= 0.3 is 0 Å². The number of anilines is 2. The number of rotatable bonds is 2. The molecule has 0 saturated carbocycles. The Bertz CT molecular complexity index is 664. The zero-order chi connectivity index (χ0) is 15.0. The maximum atomic E-state index is 12.4. The summed E-state index contributed by atoms with van der Waals surface area (Å²) in [6, 6.07) is 11.8. The van der Waals surface area contributed by atoms with Crippen LogP contribution in [0.4, 0.5) is 11.4 Å². The van der Waals surface area contributed by atoms with Gasteiger partial charge in [-0.3, -0.25) is 4.79 Å². The molecule has 0 spiro atoms. The number of benzene rings is 2. The lowest BCUT2D eigenvalue weighted by atomic mass is 10.1. The average molecular weight is 345 g/mol. The lowest BCUT2D eigenvalue weighted by Gasteiger charge is -2.14. The van der Waals surface area contributed by atoms with Crippen molar-refractivity contribution >= 4 is 33.2 Å². The number of carbonyl (C=O) groups excluding carboxylic acids is 1. The molecule has 0 aromatic heterocycles. The normalized spacial score (nSPS) is 16.2. The fourth-order valence-corrected chi connectivity index (χ4v) is 2.93. The van der Waals surface area contributed by atoms with E-state index < -0.39 is 0 Å². The molecule has 0 radical (unpaired) electrons. The fourth-order valence-electron chi connectivity index (χ4n) is 2.70. The van der Waals surface area contributed by atoms with E-state index >= 15 is 0 Å². The molecule has 0 bridgehead atoms. The van der Waals surface area contributed by atoms with E-state index in [1.807, 2.05) is 44.2 Å². The van der Waals surface area contributed by atoms with E-state index in [-0.39, 0.29) is 11.9 Å². The summed E-state index contributed by atoms with van der Waals surface area (Å²) in [5.41, 5.74) is 5.33. The van der Waals surface area contributed by atoms with Gasteiger partial charge in [0, 0.05) is 22.3 Å². The lowest BCUT2D eigenvalue weighted by molar-refractivity contribution is -0.116. The predicted octanol–water partition coefficient (Wildman–Crippen LogP) is 4.04. The maximum absolute atomic E-state index is 12.4. The van der Waals surface area contributed by atoms with Gasteiger partial charge < -0.3 is 10.6 Å². The number of carbonyl (C=O) groups is 1. The highest BCUT2D eigenvalue weighted by Gasteiger charge is 2.26. The molecule has 3 nitrogen and oxygen atoms in total. The molecule has 1 heterocycles. The molecule has 1 aliphatic heterocycles. The molecule has 1 atom stereocenters. The van der Waals surface area contributed by atoms with Gasteiger partial charge in [0.25, 0.3) is 0 Å². The van der Waals surface area contributed by atoms with Crippen molar-refractivity contribution in [2.45, 2.75) is 26.3 Å².